The van der Waals surface area contributed by atoms with Gasteiger partial charge in [-0.2, -0.15) is 4.57 Å². The Morgan fingerprint density at radius 3 is 2.64 bits per heavy atom. The van der Waals surface area contributed by atoms with Crippen molar-refractivity contribution in [2.75, 3.05) is 0 Å². The highest BCUT2D eigenvalue weighted by atomic mass is 16.3. The Bertz CT molecular complexity index is 339. The van der Waals surface area contributed by atoms with Crippen molar-refractivity contribution in [1.82, 2.24) is 0 Å². The quantitative estimate of drug-likeness (QED) is 0.721. The number of hydrogen-bond acceptors (Lipinski definition) is 2. The maximum Gasteiger partial charge on any atom is 0.211 e. The van der Waals surface area contributed by atoms with Gasteiger partial charge in [0.1, 0.15) is 0 Å². The Kier molecular flexibility index (Phi) is 2.89. The largest absolute Gasteiger partial charge is 0.503 e. The van der Waals surface area contributed by atoms with Crippen LogP contribution in [0.4, 0.5) is 0 Å². The minimum Gasteiger partial charge on any atom is -0.503 e. The Morgan fingerprint density at radius 2 is 2.14 bits per heavy atom. The number of ketones is 1. The molecule has 0 radical (unpaired) electrons. The van der Waals surface area contributed by atoms with Crippen LogP contribution in [0.15, 0.2) is 24.5 Å². The van der Waals surface area contributed by atoms with Crippen molar-refractivity contribution in [2.24, 2.45) is 5.41 Å². The summed E-state index contributed by atoms with van der Waals surface area (Å²) in [5.74, 6) is 0.322. The topological polar surface area (TPSA) is 41.2 Å². The van der Waals surface area contributed by atoms with Crippen LogP contribution < -0.4 is 4.57 Å². The van der Waals surface area contributed by atoms with Gasteiger partial charge >= 0.3 is 0 Å². The van der Waals surface area contributed by atoms with E-state index in [-0.39, 0.29) is 16.9 Å². The lowest BCUT2D eigenvalue weighted by molar-refractivity contribution is -0.685. The number of pyridine rings is 1. The smallest absolute Gasteiger partial charge is 0.211 e. The first-order valence-electron chi connectivity index (χ1n) is 4.61. The Labute approximate surface area is 84.0 Å². The van der Waals surface area contributed by atoms with Gasteiger partial charge in [-0.1, -0.05) is 20.8 Å². The molecule has 3 nitrogen and oxygen atoms in total. The average Bonchev–Trinajstić information content (AvgIpc) is 2.02. The van der Waals surface area contributed by atoms with E-state index < -0.39 is 0 Å². The van der Waals surface area contributed by atoms with Crippen molar-refractivity contribution in [2.45, 2.75) is 27.3 Å². The fraction of sp³-hybridized carbons (Fsp3) is 0.455. The summed E-state index contributed by atoms with van der Waals surface area (Å²) < 4.78 is 1.68. The van der Waals surface area contributed by atoms with E-state index >= 15 is 0 Å². The van der Waals surface area contributed by atoms with Crippen LogP contribution >= 0.6 is 0 Å². The molecule has 76 valence electrons. The van der Waals surface area contributed by atoms with E-state index in [9.17, 15) is 9.90 Å². The van der Waals surface area contributed by atoms with Crippen molar-refractivity contribution < 1.29 is 14.5 Å². The van der Waals surface area contributed by atoms with Crippen molar-refractivity contribution in [1.29, 1.82) is 0 Å². The summed E-state index contributed by atoms with van der Waals surface area (Å²) in [5.41, 5.74) is -0.335. The van der Waals surface area contributed by atoms with Crippen LogP contribution in [0, 0.1) is 5.41 Å². The number of rotatable bonds is 2. The molecule has 0 bridgehead atoms. The molecular formula is C11H16NO2+. The minimum atomic E-state index is -0.335. The lowest BCUT2D eigenvalue weighted by atomic mass is 9.91. The molecule has 1 N–H and O–H groups in total. The molecule has 0 aromatic carbocycles. The molecule has 0 aliphatic heterocycles. The average molecular weight is 194 g/mol. The SMILES string of the molecule is CC(C)(C)C(=O)C[n+]1cccc(O)c1. The van der Waals surface area contributed by atoms with Gasteiger partial charge in [0.25, 0.3) is 0 Å². The van der Waals surface area contributed by atoms with Gasteiger partial charge in [-0.05, 0) is 6.07 Å². The van der Waals surface area contributed by atoms with Crippen LogP contribution in [0.25, 0.3) is 0 Å². The van der Waals surface area contributed by atoms with E-state index in [2.05, 4.69) is 0 Å². The first kappa shape index (κ1) is 10.7. The fourth-order valence-electron chi connectivity index (χ4n) is 1.01. The zero-order chi connectivity index (χ0) is 10.8. The van der Waals surface area contributed by atoms with E-state index in [1.54, 1.807) is 29.1 Å². The second-order valence-electron chi connectivity index (χ2n) is 4.41. The molecule has 0 amide bonds. The Balaban J connectivity index is 2.75. The molecule has 0 unspecified atom stereocenters. The van der Waals surface area contributed by atoms with Crippen LogP contribution in [-0.2, 0) is 11.3 Å². The molecule has 3 heteroatoms. The zero-order valence-corrected chi connectivity index (χ0v) is 8.82. The van der Waals surface area contributed by atoms with E-state index in [0.29, 0.717) is 6.54 Å². The van der Waals surface area contributed by atoms with Crippen LogP contribution in [0.1, 0.15) is 20.8 Å². The molecule has 14 heavy (non-hydrogen) atoms. The molecule has 0 aliphatic carbocycles. The summed E-state index contributed by atoms with van der Waals surface area (Å²) in [5, 5.41) is 9.20. The molecule has 0 spiro atoms. The fourth-order valence-corrected chi connectivity index (χ4v) is 1.01. The minimum absolute atomic E-state index is 0.146. The number of hydrogen-bond donors (Lipinski definition) is 1. The summed E-state index contributed by atoms with van der Waals surface area (Å²) in [4.78, 5) is 11.6. The van der Waals surface area contributed by atoms with Gasteiger partial charge < -0.3 is 5.11 Å². The Morgan fingerprint density at radius 1 is 1.50 bits per heavy atom. The molecule has 1 heterocycles. The predicted octanol–water partition coefficient (Wildman–Crippen LogP) is 1.29. The number of Topliss-reactive ketones (excluding diaryl/α,β-unsaturated/α-hetero) is 1. The molecule has 1 aromatic heterocycles. The normalized spacial score (nSPS) is 11.4. The predicted molar refractivity (Wildman–Crippen MR) is 52.8 cm³/mol. The highest BCUT2D eigenvalue weighted by Crippen LogP contribution is 2.14. The lowest BCUT2D eigenvalue weighted by Gasteiger charge is -2.13. The summed E-state index contributed by atoms with van der Waals surface area (Å²) in [7, 11) is 0. The highest BCUT2D eigenvalue weighted by molar-refractivity contribution is 5.82. The van der Waals surface area contributed by atoms with Gasteiger partial charge in [0, 0.05) is 11.5 Å². The van der Waals surface area contributed by atoms with E-state index in [4.69, 9.17) is 0 Å². The maximum atomic E-state index is 11.6. The van der Waals surface area contributed by atoms with Gasteiger partial charge in [-0.15, -0.1) is 0 Å². The molecule has 0 aliphatic rings. The maximum absolute atomic E-state index is 11.6. The van der Waals surface area contributed by atoms with Gasteiger partial charge in [0.15, 0.2) is 11.9 Å². The van der Waals surface area contributed by atoms with E-state index in [1.165, 1.54) is 0 Å². The van der Waals surface area contributed by atoms with Gasteiger partial charge in [-0.25, -0.2) is 0 Å². The first-order chi connectivity index (χ1) is 6.39. The van der Waals surface area contributed by atoms with Gasteiger partial charge in [-0.3, -0.25) is 4.79 Å². The monoisotopic (exact) mass is 194 g/mol. The molecule has 1 aromatic rings. The lowest BCUT2D eigenvalue weighted by Crippen LogP contribution is -2.41. The van der Waals surface area contributed by atoms with Crippen LogP contribution in [-0.4, -0.2) is 10.9 Å². The number of carbonyl (C=O) groups is 1. The molecule has 0 atom stereocenters. The molecule has 0 fully saturated rings. The number of aromatic hydroxyl groups is 1. The summed E-state index contributed by atoms with van der Waals surface area (Å²) >= 11 is 0. The standard InChI is InChI=1S/C11H15NO2/c1-11(2,3)10(14)8-12-6-4-5-9(13)7-12/h4-7H,8H2,1-3H3/p+1. The molecule has 1 rings (SSSR count). The van der Waals surface area contributed by atoms with Crippen LogP contribution in [0.2, 0.25) is 0 Å². The second-order valence-corrected chi connectivity index (χ2v) is 4.41. The second kappa shape index (κ2) is 3.78. The van der Waals surface area contributed by atoms with Crippen molar-refractivity contribution in [3.05, 3.63) is 24.5 Å². The zero-order valence-electron chi connectivity index (χ0n) is 8.82. The molecular weight excluding hydrogens is 178 g/mol. The van der Waals surface area contributed by atoms with E-state index in [0.717, 1.165) is 0 Å². The Hall–Kier alpha value is -1.38. The highest BCUT2D eigenvalue weighted by Gasteiger charge is 2.24. The number of carbonyl (C=O) groups excluding carboxylic acids is 1. The van der Waals surface area contributed by atoms with Gasteiger partial charge in [0.2, 0.25) is 18.5 Å². The third kappa shape index (κ3) is 2.83. The summed E-state index contributed by atoms with van der Waals surface area (Å²) in [6.07, 6.45) is 3.31. The third-order valence-electron chi connectivity index (χ3n) is 2.01. The number of nitrogens with zero attached hydrogens (tertiary/aromatic N) is 1. The first-order valence-corrected chi connectivity index (χ1v) is 4.61. The van der Waals surface area contributed by atoms with Crippen molar-refractivity contribution in [3.63, 3.8) is 0 Å². The molecule has 0 saturated carbocycles. The van der Waals surface area contributed by atoms with Crippen LogP contribution in [0.3, 0.4) is 0 Å². The number of aromatic nitrogens is 1. The summed E-state index contributed by atoms with van der Waals surface area (Å²) in [6.45, 7) is 5.97. The van der Waals surface area contributed by atoms with Crippen molar-refractivity contribution in [3.8, 4) is 5.75 Å². The van der Waals surface area contributed by atoms with Gasteiger partial charge in [0.05, 0.1) is 0 Å². The third-order valence-corrected chi connectivity index (χ3v) is 2.01. The van der Waals surface area contributed by atoms with Crippen molar-refractivity contribution >= 4 is 5.78 Å². The summed E-state index contributed by atoms with van der Waals surface area (Å²) in [6, 6.07) is 3.29. The van der Waals surface area contributed by atoms with Crippen LogP contribution in [0.5, 0.6) is 5.75 Å². The molecule has 0 saturated heterocycles. The van der Waals surface area contributed by atoms with E-state index in [1.807, 2.05) is 20.8 Å².